The molecule has 0 fully saturated rings. The van der Waals surface area contributed by atoms with Crippen molar-refractivity contribution in [1.82, 2.24) is 0 Å². The Hall–Kier alpha value is -1.36. The van der Waals surface area contributed by atoms with Gasteiger partial charge in [-0.2, -0.15) is 0 Å². The van der Waals surface area contributed by atoms with Crippen LogP contribution in [0.4, 0.5) is 10.1 Å². The minimum atomic E-state index is -0.702. The van der Waals surface area contributed by atoms with Crippen LogP contribution >= 0.6 is 34.8 Å². The van der Waals surface area contributed by atoms with Crippen LogP contribution in [0.1, 0.15) is 0 Å². The van der Waals surface area contributed by atoms with E-state index in [1.54, 1.807) is 0 Å². The third-order valence-corrected chi connectivity index (χ3v) is 3.49. The van der Waals surface area contributed by atoms with Gasteiger partial charge in [0.1, 0.15) is 5.82 Å². The molecule has 7 heteroatoms. The van der Waals surface area contributed by atoms with E-state index >= 15 is 0 Å². The van der Waals surface area contributed by atoms with Crippen LogP contribution in [0.5, 0.6) is 0 Å². The highest BCUT2D eigenvalue weighted by molar-refractivity contribution is 6.44. The van der Waals surface area contributed by atoms with Crippen LogP contribution in [0, 0.1) is 15.9 Å². The highest BCUT2D eigenvalue weighted by atomic mass is 35.5. The largest absolute Gasteiger partial charge is 0.280 e. The fourth-order valence-corrected chi connectivity index (χ4v) is 2.26. The molecule has 2 rings (SSSR count). The van der Waals surface area contributed by atoms with E-state index in [4.69, 9.17) is 34.8 Å². The van der Waals surface area contributed by atoms with Crippen LogP contribution in [-0.4, -0.2) is 4.92 Å². The van der Waals surface area contributed by atoms with Crippen molar-refractivity contribution in [3.8, 4) is 11.1 Å². The number of benzene rings is 2. The average molecular weight is 321 g/mol. The van der Waals surface area contributed by atoms with E-state index in [9.17, 15) is 14.5 Å². The SMILES string of the molecule is O=[N+]([O-])c1cc(F)ccc1-c1cc(Cl)c(Cl)cc1Cl. The first-order chi connectivity index (χ1) is 8.90. The second-order valence-corrected chi connectivity index (χ2v) is 4.89. The van der Waals surface area contributed by atoms with Gasteiger partial charge < -0.3 is 0 Å². The van der Waals surface area contributed by atoms with Gasteiger partial charge in [0.25, 0.3) is 5.69 Å². The Morgan fingerprint density at radius 3 is 2.21 bits per heavy atom. The Bertz CT molecular complexity index is 676. The van der Waals surface area contributed by atoms with Crippen LogP contribution in [0.15, 0.2) is 30.3 Å². The first-order valence-electron chi connectivity index (χ1n) is 4.99. The predicted molar refractivity (Wildman–Crippen MR) is 73.5 cm³/mol. The van der Waals surface area contributed by atoms with Crippen molar-refractivity contribution < 1.29 is 9.31 Å². The van der Waals surface area contributed by atoms with Crippen LogP contribution < -0.4 is 0 Å². The molecule has 0 radical (unpaired) electrons. The number of rotatable bonds is 2. The number of nitro benzene ring substituents is 1. The van der Waals surface area contributed by atoms with Crippen molar-refractivity contribution in [3.05, 3.63) is 61.3 Å². The first kappa shape index (κ1) is 14.1. The molecule has 0 N–H and O–H groups in total. The lowest BCUT2D eigenvalue weighted by molar-refractivity contribution is -0.384. The van der Waals surface area contributed by atoms with Crippen LogP contribution in [0.2, 0.25) is 15.1 Å². The molecule has 3 nitrogen and oxygen atoms in total. The minimum Gasteiger partial charge on any atom is -0.258 e. The topological polar surface area (TPSA) is 43.1 Å². The molecule has 2 aromatic carbocycles. The highest BCUT2D eigenvalue weighted by Crippen LogP contribution is 2.39. The zero-order valence-corrected chi connectivity index (χ0v) is 11.4. The Balaban J connectivity index is 2.72. The van der Waals surface area contributed by atoms with Crippen molar-refractivity contribution in [2.24, 2.45) is 0 Å². The van der Waals surface area contributed by atoms with Crippen LogP contribution in [0.25, 0.3) is 11.1 Å². The Labute approximate surface area is 122 Å². The fourth-order valence-electron chi connectivity index (χ4n) is 1.61. The van der Waals surface area contributed by atoms with Gasteiger partial charge >= 0.3 is 0 Å². The second kappa shape index (κ2) is 5.33. The Kier molecular flexibility index (Phi) is 3.94. The lowest BCUT2D eigenvalue weighted by Crippen LogP contribution is -1.94. The molecule has 0 aromatic heterocycles. The summed E-state index contributed by atoms with van der Waals surface area (Å²) in [4.78, 5) is 10.3. The van der Waals surface area contributed by atoms with Gasteiger partial charge in [0.05, 0.1) is 31.6 Å². The van der Waals surface area contributed by atoms with E-state index in [2.05, 4.69) is 0 Å². The van der Waals surface area contributed by atoms with Crippen molar-refractivity contribution in [3.63, 3.8) is 0 Å². The van der Waals surface area contributed by atoms with Crippen LogP contribution in [0.3, 0.4) is 0 Å². The molecule has 0 bridgehead atoms. The van der Waals surface area contributed by atoms with Crippen molar-refractivity contribution in [2.45, 2.75) is 0 Å². The smallest absolute Gasteiger partial charge is 0.258 e. The minimum absolute atomic E-state index is 0.176. The Morgan fingerprint density at radius 1 is 0.947 bits per heavy atom. The molecule has 0 saturated heterocycles. The summed E-state index contributed by atoms with van der Waals surface area (Å²) >= 11 is 17.6. The van der Waals surface area contributed by atoms with Crippen molar-refractivity contribution in [2.75, 3.05) is 0 Å². The molecule has 0 unspecified atom stereocenters. The Morgan fingerprint density at radius 2 is 1.58 bits per heavy atom. The maximum absolute atomic E-state index is 13.1. The summed E-state index contributed by atoms with van der Waals surface area (Å²) < 4.78 is 13.1. The maximum Gasteiger partial charge on any atom is 0.280 e. The van der Waals surface area contributed by atoms with Crippen molar-refractivity contribution in [1.29, 1.82) is 0 Å². The van der Waals surface area contributed by atoms with E-state index in [1.165, 1.54) is 18.2 Å². The summed E-state index contributed by atoms with van der Waals surface area (Å²) in [5.74, 6) is -0.702. The molecule has 0 aliphatic heterocycles. The van der Waals surface area contributed by atoms with Gasteiger partial charge in [-0.05, 0) is 24.3 Å². The molecule has 0 heterocycles. The molecule has 0 amide bonds. The zero-order chi connectivity index (χ0) is 14.2. The van der Waals surface area contributed by atoms with Gasteiger partial charge in [0.15, 0.2) is 0 Å². The summed E-state index contributed by atoms with van der Waals surface area (Å²) in [6.45, 7) is 0. The molecular weight excluding hydrogens is 315 g/mol. The number of nitro groups is 1. The molecule has 0 aliphatic rings. The quantitative estimate of drug-likeness (QED) is 0.424. The monoisotopic (exact) mass is 319 g/mol. The molecule has 98 valence electrons. The van der Waals surface area contributed by atoms with Gasteiger partial charge in [0.2, 0.25) is 0 Å². The summed E-state index contributed by atoms with van der Waals surface area (Å²) in [6, 6.07) is 6.01. The van der Waals surface area contributed by atoms with Gasteiger partial charge in [-0.15, -0.1) is 0 Å². The zero-order valence-electron chi connectivity index (χ0n) is 9.16. The molecule has 0 atom stereocenters. The third-order valence-electron chi connectivity index (χ3n) is 2.46. The molecule has 0 saturated carbocycles. The van der Waals surface area contributed by atoms with E-state index < -0.39 is 10.7 Å². The number of hydrogen-bond donors (Lipinski definition) is 0. The van der Waals surface area contributed by atoms with E-state index in [-0.39, 0.29) is 26.3 Å². The molecule has 0 aliphatic carbocycles. The van der Waals surface area contributed by atoms with E-state index in [0.29, 0.717) is 5.56 Å². The first-order valence-corrected chi connectivity index (χ1v) is 6.12. The summed E-state index contributed by atoms with van der Waals surface area (Å²) in [6.07, 6.45) is 0. The molecule has 19 heavy (non-hydrogen) atoms. The number of halogens is 4. The van der Waals surface area contributed by atoms with Crippen LogP contribution in [-0.2, 0) is 0 Å². The van der Waals surface area contributed by atoms with E-state index in [0.717, 1.165) is 12.1 Å². The highest BCUT2D eigenvalue weighted by Gasteiger charge is 2.19. The number of nitrogens with zero attached hydrogens (tertiary/aromatic N) is 1. The third kappa shape index (κ3) is 2.81. The van der Waals surface area contributed by atoms with E-state index in [1.807, 2.05) is 0 Å². The van der Waals surface area contributed by atoms with Gasteiger partial charge in [-0.3, -0.25) is 10.1 Å². The molecule has 0 spiro atoms. The predicted octanol–water partition coefficient (Wildman–Crippen LogP) is 5.36. The normalized spacial score (nSPS) is 10.5. The lowest BCUT2D eigenvalue weighted by atomic mass is 10.0. The fraction of sp³-hybridized carbons (Fsp3) is 0. The van der Waals surface area contributed by atoms with Gasteiger partial charge in [-0.25, -0.2) is 4.39 Å². The van der Waals surface area contributed by atoms with Crippen molar-refractivity contribution >= 4 is 40.5 Å². The molecule has 2 aromatic rings. The second-order valence-electron chi connectivity index (χ2n) is 3.66. The van der Waals surface area contributed by atoms with Gasteiger partial charge in [-0.1, -0.05) is 34.8 Å². The molecular formula is C12H5Cl3FNO2. The summed E-state index contributed by atoms with van der Waals surface area (Å²) in [7, 11) is 0. The van der Waals surface area contributed by atoms with Gasteiger partial charge in [0, 0.05) is 5.56 Å². The lowest BCUT2D eigenvalue weighted by Gasteiger charge is -2.07. The summed E-state index contributed by atoms with van der Waals surface area (Å²) in [5.41, 5.74) is 0.109. The maximum atomic E-state index is 13.1. The standard InChI is InChI=1S/C12H5Cl3FNO2/c13-9-5-11(15)10(14)4-8(9)7-2-1-6(16)3-12(7)17(18)19/h1-5H. The summed E-state index contributed by atoms with van der Waals surface area (Å²) in [5, 5.41) is 11.6. The average Bonchev–Trinajstić information content (AvgIpc) is 2.34. The number of hydrogen-bond acceptors (Lipinski definition) is 2.